The van der Waals surface area contributed by atoms with Gasteiger partial charge in [0.2, 0.25) is 0 Å². The highest BCUT2D eigenvalue weighted by molar-refractivity contribution is 9.10. The van der Waals surface area contributed by atoms with Crippen molar-refractivity contribution >= 4 is 21.8 Å². The van der Waals surface area contributed by atoms with Crippen LogP contribution in [0.5, 0.6) is 0 Å². The van der Waals surface area contributed by atoms with Gasteiger partial charge in [-0.1, -0.05) is 27.2 Å². The smallest absolute Gasteiger partial charge is 0.276 e. The van der Waals surface area contributed by atoms with Gasteiger partial charge in [0, 0.05) is 17.6 Å². The normalized spacial score (nSPS) is 15.3. The van der Waals surface area contributed by atoms with E-state index in [9.17, 15) is 4.79 Å². The Morgan fingerprint density at radius 1 is 1.30 bits per heavy atom. The molecule has 1 aliphatic rings. The molecule has 0 spiro atoms. The summed E-state index contributed by atoms with van der Waals surface area (Å²) in [5.74, 6) is -0.102. The summed E-state index contributed by atoms with van der Waals surface area (Å²) < 4.78 is 7.78. The SMILES string of the molecule is O=C(c1cn(-c2cccc(Br)c2)nn1)N1CCOCC1. The van der Waals surface area contributed by atoms with E-state index in [1.807, 2.05) is 24.3 Å². The van der Waals surface area contributed by atoms with E-state index in [0.717, 1.165) is 10.2 Å². The van der Waals surface area contributed by atoms with E-state index in [1.165, 1.54) is 0 Å². The van der Waals surface area contributed by atoms with E-state index in [2.05, 4.69) is 26.2 Å². The third-order valence-corrected chi connectivity index (χ3v) is 3.58. The lowest BCUT2D eigenvalue weighted by atomic mass is 10.3. The second kappa shape index (κ2) is 5.72. The summed E-state index contributed by atoms with van der Waals surface area (Å²) in [5.41, 5.74) is 1.21. The molecule has 104 valence electrons. The lowest BCUT2D eigenvalue weighted by Crippen LogP contribution is -2.40. The largest absolute Gasteiger partial charge is 0.378 e. The van der Waals surface area contributed by atoms with Gasteiger partial charge in [-0.25, -0.2) is 4.68 Å². The van der Waals surface area contributed by atoms with Gasteiger partial charge in [0.05, 0.1) is 25.1 Å². The van der Waals surface area contributed by atoms with Crippen molar-refractivity contribution in [2.45, 2.75) is 0 Å². The Balaban J connectivity index is 1.81. The van der Waals surface area contributed by atoms with Crippen LogP contribution in [0.25, 0.3) is 5.69 Å². The number of ether oxygens (including phenoxy) is 1. The highest BCUT2D eigenvalue weighted by atomic mass is 79.9. The second-order valence-electron chi connectivity index (χ2n) is 4.43. The molecule has 0 radical (unpaired) electrons. The van der Waals surface area contributed by atoms with E-state index in [1.54, 1.807) is 15.8 Å². The van der Waals surface area contributed by atoms with Crippen molar-refractivity contribution in [3.63, 3.8) is 0 Å². The topological polar surface area (TPSA) is 60.2 Å². The van der Waals surface area contributed by atoms with Crippen LogP contribution in [0, 0.1) is 0 Å². The third-order valence-electron chi connectivity index (χ3n) is 3.08. The van der Waals surface area contributed by atoms with Crippen LogP contribution in [0.1, 0.15) is 10.5 Å². The predicted octanol–water partition coefficient (Wildman–Crippen LogP) is 1.50. The lowest BCUT2D eigenvalue weighted by Gasteiger charge is -2.25. The quantitative estimate of drug-likeness (QED) is 0.833. The van der Waals surface area contributed by atoms with E-state index >= 15 is 0 Å². The molecule has 1 fully saturated rings. The Kier molecular flexibility index (Phi) is 3.79. The summed E-state index contributed by atoms with van der Waals surface area (Å²) in [5, 5.41) is 7.97. The Morgan fingerprint density at radius 2 is 2.10 bits per heavy atom. The van der Waals surface area contributed by atoms with E-state index in [0.29, 0.717) is 32.0 Å². The maximum Gasteiger partial charge on any atom is 0.276 e. The number of carbonyl (C=O) groups is 1. The Bertz CT molecular complexity index is 622. The fourth-order valence-corrected chi connectivity index (χ4v) is 2.42. The van der Waals surface area contributed by atoms with Crippen LogP contribution in [0.15, 0.2) is 34.9 Å². The predicted molar refractivity (Wildman–Crippen MR) is 75.8 cm³/mol. The first kappa shape index (κ1) is 13.3. The van der Waals surface area contributed by atoms with Crippen molar-refractivity contribution in [3.8, 4) is 5.69 Å². The van der Waals surface area contributed by atoms with Gasteiger partial charge in [-0.2, -0.15) is 0 Å². The molecule has 0 atom stereocenters. The van der Waals surface area contributed by atoms with Gasteiger partial charge in [-0.3, -0.25) is 4.79 Å². The van der Waals surface area contributed by atoms with Crippen LogP contribution in [0.3, 0.4) is 0 Å². The van der Waals surface area contributed by atoms with Gasteiger partial charge < -0.3 is 9.64 Å². The van der Waals surface area contributed by atoms with E-state index in [-0.39, 0.29) is 5.91 Å². The number of nitrogens with zero attached hydrogens (tertiary/aromatic N) is 4. The molecule has 1 aromatic carbocycles. The molecule has 0 saturated carbocycles. The van der Waals surface area contributed by atoms with Crippen LogP contribution in [0.4, 0.5) is 0 Å². The summed E-state index contributed by atoms with van der Waals surface area (Å²) in [4.78, 5) is 14.0. The van der Waals surface area contributed by atoms with Crippen molar-refractivity contribution < 1.29 is 9.53 Å². The monoisotopic (exact) mass is 336 g/mol. The first-order valence-corrected chi connectivity index (χ1v) is 7.08. The first-order valence-electron chi connectivity index (χ1n) is 6.29. The van der Waals surface area contributed by atoms with Gasteiger partial charge in [0.1, 0.15) is 0 Å². The van der Waals surface area contributed by atoms with Crippen molar-refractivity contribution in [3.05, 3.63) is 40.6 Å². The van der Waals surface area contributed by atoms with Crippen LogP contribution in [0.2, 0.25) is 0 Å². The molecule has 20 heavy (non-hydrogen) atoms. The number of halogens is 1. The zero-order valence-electron chi connectivity index (χ0n) is 10.7. The number of morpholine rings is 1. The standard InChI is InChI=1S/C13H13BrN4O2/c14-10-2-1-3-11(8-10)18-9-12(15-16-18)13(19)17-4-6-20-7-5-17/h1-3,8-9H,4-7H2. The summed E-state index contributed by atoms with van der Waals surface area (Å²) in [7, 11) is 0. The number of rotatable bonds is 2. The molecule has 7 heteroatoms. The van der Waals surface area contributed by atoms with Gasteiger partial charge in [-0.05, 0) is 18.2 Å². The summed E-state index contributed by atoms with van der Waals surface area (Å²) in [6.45, 7) is 2.35. The Hall–Kier alpha value is -1.73. The lowest BCUT2D eigenvalue weighted by molar-refractivity contribution is 0.0299. The first-order chi connectivity index (χ1) is 9.74. The molecule has 6 nitrogen and oxygen atoms in total. The average molecular weight is 337 g/mol. The van der Waals surface area contributed by atoms with Crippen molar-refractivity contribution in [2.75, 3.05) is 26.3 Å². The van der Waals surface area contributed by atoms with E-state index in [4.69, 9.17) is 4.74 Å². The fourth-order valence-electron chi connectivity index (χ4n) is 2.04. The molecule has 3 rings (SSSR count). The number of amides is 1. The highest BCUT2D eigenvalue weighted by Crippen LogP contribution is 2.15. The Morgan fingerprint density at radius 3 is 2.85 bits per heavy atom. The molecular formula is C13H13BrN4O2. The molecule has 0 N–H and O–H groups in total. The molecule has 0 unspecified atom stereocenters. The van der Waals surface area contributed by atoms with Crippen LogP contribution < -0.4 is 0 Å². The zero-order chi connectivity index (χ0) is 13.9. The molecule has 1 amide bonds. The van der Waals surface area contributed by atoms with Crippen LogP contribution >= 0.6 is 15.9 Å². The number of hydrogen-bond donors (Lipinski definition) is 0. The second-order valence-corrected chi connectivity index (χ2v) is 5.35. The molecule has 1 aliphatic heterocycles. The summed E-state index contributed by atoms with van der Waals surface area (Å²) >= 11 is 3.41. The summed E-state index contributed by atoms with van der Waals surface area (Å²) in [6.07, 6.45) is 1.65. The molecule has 2 aromatic rings. The van der Waals surface area contributed by atoms with Gasteiger partial charge in [0.15, 0.2) is 5.69 Å². The van der Waals surface area contributed by atoms with Crippen molar-refractivity contribution in [2.24, 2.45) is 0 Å². The highest BCUT2D eigenvalue weighted by Gasteiger charge is 2.21. The van der Waals surface area contributed by atoms with Gasteiger partial charge in [0.25, 0.3) is 5.91 Å². The number of aromatic nitrogens is 3. The molecule has 2 heterocycles. The minimum absolute atomic E-state index is 0.102. The minimum atomic E-state index is -0.102. The molecule has 0 bridgehead atoms. The maximum absolute atomic E-state index is 12.3. The number of benzene rings is 1. The summed E-state index contributed by atoms with van der Waals surface area (Å²) in [6, 6.07) is 7.66. The number of hydrogen-bond acceptors (Lipinski definition) is 4. The van der Waals surface area contributed by atoms with Crippen LogP contribution in [-0.2, 0) is 4.74 Å². The van der Waals surface area contributed by atoms with Gasteiger partial charge in [-0.15, -0.1) is 5.10 Å². The minimum Gasteiger partial charge on any atom is -0.378 e. The fraction of sp³-hybridized carbons (Fsp3) is 0.308. The van der Waals surface area contributed by atoms with Crippen LogP contribution in [-0.4, -0.2) is 52.1 Å². The van der Waals surface area contributed by atoms with Crippen molar-refractivity contribution in [1.82, 2.24) is 19.9 Å². The third kappa shape index (κ3) is 2.73. The molecular weight excluding hydrogens is 324 g/mol. The van der Waals surface area contributed by atoms with E-state index < -0.39 is 0 Å². The molecule has 0 aliphatic carbocycles. The van der Waals surface area contributed by atoms with Gasteiger partial charge >= 0.3 is 0 Å². The zero-order valence-corrected chi connectivity index (χ0v) is 12.3. The molecule has 1 aromatic heterocycles. The molecule has 1 saturated heterocycles. The van der Waals surface area contributed by atoms with Crippen molar-refractivity contribution in [1.29, 1.82) is 0 Å². The Labute approximate surface area is 124 Å². The number of carbonyl (C=O) groups excluding carboxylic acids is 1. The average Bonchev–Trinajstić information content (AvgIpc) is 2.97. The maximum atomic E-state index is 12.3.